The lowest BCUT2D eigenvalue weighted by atomic mass is 10.1. The SMILES string of the molecule is Cn1cc(-c2cc(N)nc(-c3ccc(O)c(F)c3)n2)cn1. The fourth-order valence-electron chi connectivity index (χ4n) is 1.94. The van der Waals surface area contributed by atoms with Crippen LogP contribution in [0.1, 0.15) is 0 Å². The zero-order valence-electron chi connectivity index (χ0n) is 11.2. The van der Waals surface area contributed by atoms with E-state index < -0.39 is 11.6 Å². The summed E-state index contributed by atoms with van der Waals surface area (Å²) in [5, 5.41) is 13.3. The summed E-state index contributed by atoms with van der Waals surface area (Å²) in [6, 6.07) is 5.57. The first-order valence-corrected chi connectivity index (χ1v) is 6.15. The second-order valence-corrected chi connectivity index (χ2v) is 4.57. The number of halogens is 1. The van der Waals surface area contributed by atoms with Gasteiger partial charge in [-0.05, 0) is 18.2 Å². The highest BCUT2D eigenvalue weighted by Crippen LogP contribution is 2.25. The Kier molecular flexibility index (Phi) is 3.02. The Morgan fingerprint density at radius 2 is 2.00 bits per heavy atom. The summed E-state index contributed by atoms with van der Waals surface area (Å²) in [5.74, 6) is -0.600. The molecule has 0 aliphatic carbocycles. The Labute approximate surface area is 119 Å². The predicted octanol–water partition coefficient (Wildman–Crippen LogP) is 1.97. The van der Waals surface area contributed by atoms with E-state index in [2.05, 4.69) is 15.1 Å². The number of phenols is 1. The standard InChI is InChI=1S/C14H12FN5O/c1-20-7-9(6-17-20)11-5-13(16)19-14(18-11)8-2-3-12(21)10(15)4-8/h2-7,21H,1H3,(H2,16,18,19). The summed E-state index contributed by atoms with van der Waals surface area (Å²) in [7, 11) is 1.80. The number of anilines is 1. The fourth-order valence-corrected chi connectivity index (χ4v) is 1.94. The summed E-state index contributed by atoms with van der Waals surface area (Å²) in [5.41, 5.74) is 7.60. The third kappa shape index (κ3) is 2.53. The van der Waals surface area contributed by atoms with Crippen molar-refractivity contribution in [2.75, 3.05) is 5.73 Å². The number of rotatable bonds is 2. The maximum absolute atomic E-state index is 13.4. The average molecular weight is 285 g/mol. The number of aromatic nitrogens is 4. The van der Waals surface area contributed by atoms with Crippen molar-refractivity contribution in [2.45, 2.75) is 0 Å². The van der Waals surface area contributed by atoms with Crippen LogP contribution >= 0.6 is 0 Å². The molecule has 0 unspecified atom stereocenters. The number of nitrogens with two attached hydrogens (primary N) is 1. The second-order valence-electron chi connectivity index (χ2n) is 4.57. The first kappa shape index (κ1) is 13.0. The van der Waals surface area contributed by atoms with E-state index in [1.54, 1.807) is 30.2 Å². The van der Waals surface area contributed by atoms with Crippen molar-refractivity contribution < 1.29 is 9.50 Å². The van der Waals surface area contributed by atoms with Crippen molar-refractivity contribution in [1.29, 1.82) is 0 Å². The fraction of sp³-hybridized carbons (Fsp3) is 0.0714. The summed E-state index contributed by atoms with van der Waals surface area (Å²) >= 11 is 0. The van der Waals surface area contributed by atoms with Gasteiger partial charge in [-0.25, -0.2) is 14.4 Å². The van der Waals surface area contributed by atoms with Crippen LogP contribution in [0.15, 0.2) is 36.7 Å². The number of aromatic hydroxyl groups is 1. The van der Waals surface area contributed by atoms with E-state index in [1.165, 1.54) is 12.1 Å². The molecule has 0 aliphatic rings. The first-order chi connectivity index (χ1) is 10.0. The third-order valence-electron chi connectivity index (χ3n) is 2.95. The molecule has 0 amide bonds. The van der Waals surface area contributed by atoms with Gasteiger partial charge in [0.15, 0.2) is 17.4 Å². The minimum Gasteiger partial charge on any atom is -0.505 e. The minimum atomic E-state index is -0.735. The van der Waals surface area contributed by atoms with Crippen LogP contribution in [0.2, 0.25) is 0 Å². The van der Waals surface area contributed by atoms with Gasteiger partial charge in [0.2, 0.25) is 0 Å². The van der Waals surface area contributed by atoms with Crippen LogP contribution in [0.25, 0.3) is 22.6 Å². The Morgan fingerprint density at radius 1 is 1.19 bits per heavy atom. The first-order valence-electron chi connectivity index (χ1n) is 6.15. The average Bonchev–Trinajstić information content (AvgIpc) is 2.88. The molecule has 1 aromatic carbocycles. The Bertz CT molecular complexity index is 815. The molecule has 0 saturated carbocycles. The van der Waals surface area contributed by atoms with Gasteiger partial charge in [0, 0.05) is 30.4 Å². The summed E-state index contributed by atoms with van der Waals surface area (Å²) in [6.07, 6.45) is 3.45. The van der Waals surface area contributed by atoms with E-state index >= 15 is 0 Å². The van der Waals surface area contributed by atoms with Crippen LogP contribution in [0.5, 0.6) is 5.75 Å². The van der Waals surface area contributed by atoms with Crippen LogP contribution in [0.3, 0.4) is 0 Å². The smallest absolute Gasteiger partial charge is 0.165 e. The van der Waals surface area contributed by atoms with Crippen LogP contribution in [0, 0.1) is 5.82 Å². The van der Waals surface area contributed by atoms with Crippen molar-refractivity contribution in [2.24, 2.45) is 7.05 Å². The molecule has 0 radical (unpaired) electrons. The Morgan fingerprint density at radius 3 is 2.67 bits per heavy atom. The van der Waals surface area contributed by atoms with Gasteiger partial charge < -0.3 is 10.8 Å². The second kappa shape index (κ2) is 4.86. The zero-order valence-corrected chi connectivity index (χ0v) is 11.2. The van der Waals surface area contributed by atoms with E-state index in [0.29, 0.717) is 11.3 Å². The molecule has 0 atom stereocenters. The van der Waals surface area contributed by atoms with E-state index in [-0.39, 0.29) is 11.6 Å². The van der Waals surface area contributed by atoms with Gasteiger partial charge in [-0.3, -0.25) is 4.68 Å². The van der Waals surface area contributed by atoms with Crippen LogP contribution < -0.4 is 5.73 Å². The number of phenolic OH excluding ortho intramolecular Hbond substituents is 1. The summed E-state index contributed by atoms with van der Waals surface area (Å²) in [4.78, 5) is 8.46. The quantitative estimate of drug-likeness (QED) is 0.751. The molecule has 21 heavy (non-hydrogen) atoms. The molecule has 0 saturated heterocycles. The van der Waals surface area contributed by atoms with E-state index in [9.17, 15) is 9.50 Å². The van der Waals surface area contributed by atoms with Gasteiger partial charge >= 0.3 is 0 Å². The lowest BCUT2D eigenvalue weighted by Crippen LogP contribution is -1.98. The number of hydrogen-bond acceptors (Lipinski definition) is 5. The van der Waals surface area contributed by atoms with Gasteiger partial charge in [-0.1, -0.05) is 0 Å². The van der Waals surface area contributed by atoms with Crippen molar-refractivity contribution in [1.82, 2.24) is 19.7 Å². The highest BCUT2D eigenvalue weighted by molar-refractivity contribution is 5.66. The zero-order chi connectivity index (χ0) is 15.0. The van der Waals surface area contributed by atoms with Gasteiger partial charge in [-0.2, -0.15) is 5.10 Å². The monoisotopic (exact) mass is 285 g/mol. The largest absolute Gasteiger partial charge is 0.505 e. The molecule has 6 nitrogen and oxygen atoms in total. The van der Waals surface area contributed by atoms with Gasteiger partial charge in [0.25, 0.3) is 0 Å². The number of nitrogens with zero attached hydrogens (tertiary/aromatic N) is 4. The molecule has 2 aromatic heterocycles. The molecule has 3 N–H and O–H groups in total. The molecular formula is C14H12FN5O. The number of hydrogen-bond donors (Lipinski definition) is 2. The molecular weight excluding hydrogens is 273 g/mol. The predicted molar refractivity (Wildman–Crippen MR) is 75.7 cm³/mol. The summed E-state index contributed by atoms with van der Waals surface area (Å²) in [6.45, 7) is 0. The Balaban J connectivity index is 2.11. The highest BCUT2D eigenvalue weighted by atomic mass is 19.1. The molecule has 0 fully saturated rings. The highest BCUT2D eigenvalue weighted by Gasteiger charge is 2.10. The molecule has 0 spiro atoms. The molecule has 0 bridgehead atoms. The van der Waals surface area contributed by atoms with Crippen LogP contribution in [-0.4, -0.2) is 24.9 Å². The maximum Gasteiger partial charge on any atom is 0.165 e. The lowest BCUT2D eigenvalue weighted by Gasteiger charge is -2.05. The molecule has 106 valence electrons. The molecule has 0 aliphatic heterocycles. The Hall–Kier alpha value is -2.96. The topological polar surface area (TPSA) is 89.9 Å². The number of benzene rings is 1. The molecule has 3 rings (SSSR count). The molecule has 3 aromatic rings. The minimum absolute atomic E-state index is 0.271. The number of nitrogen functional groups attached to an aromatic ring is 1. The van der Waals surface area contributed by atoms with Gasteiger partial charge in [0.1, 0.15) is 5.82 Å². The lowest BCUT2D eigenvalue weighted by molar-refractivity contribution is 0.432. The van der Waals surface area contributed by atoms with E-state index in [0.717, 1.165) is 11.6 Å². The maximum atomic E-state index is 13.4. The van der Waals surface area contributed by atoms with Gasteiger partial charge in [-0.15, -0.1) is 0 Å². The summed E-state index contributed by atoms with van der Waals surface area (Å²) < 4.78 is 15.1. The van der Waals surface area contributed by atoms with Crippen molar-refractivity contribution >= 4 is 5.82 Å². The van der Waals surface area contributed by atoms with Crippen molar-refractivity contribution in [3.05, 3.63) is 42.5 Å². The van der Waals surface area contributed by atoms with Crippen molar-refractivity contribution in [3.8, 4) is 28.4 Å². The van der Waals surface area contributed by atoms with E-state index in [4.69, 9.17) is 5.73 Å². The molecule has 2 heterocycles. The normalized spacial score (nSPS) is 10.8. The molecule has 7 heteroatoms. The van der Waals surface area contributed by atoms with Crippen LogP contribution in [0.4, 0.5) is 10.2 Å². The van der Waals surface area contributed by atoms with Crippen molar-refractivity contribution in [3.63, 3.8) is 0 Å². The van der Waals surface area contributed by atoms with Crippen LogP contribution in [-0.2, 0) is 7.05 Å². The van der Waals surface area contributed by atoms with E-state index in [1.807, 2.05) is 0 Å². The number of aryl methyl sites for hydroxylation is 1. The third-order valence-corrected chi connectivity index (χ3v) is 2.95. The van der Waals surface area contributed by atoms with Gasteiger partial charge in [0.05, 0.1) is 11.9 Å².